The summed E-state index contributed by atoms with van der Waals surface area (Å²) in [7, 11) is 0. The topological polar surface area (TPSA) is 73.6 Å². The van der Waals surface area contributed by atoms with Gasteiger partial charge in [0.25, 0.3) is 0 Å². The first-order chi connectivity index (χ1) is 8.69. The molecule has 1 heterocycles. The van der Waals surface area contributed by atoms with Crippen LogP contribution in [0.2, 0.25) is 0 Å². The number of halogens is 1. The summed E-state index contributed by atoms with van der Waals surface area (Å²) in [5.74, 6) is 1.69. The van der Waals surface area contributed by atoms with Gasteiger partial charge in [-0.1, -0.05) is 12.1 Å². The molecule has 6 heteroatoms. The maximum atomic E-state index is 8.59. The van der Waals surface area contributed by atoms with Crippen molar-refractivity contribution >= 4 is 33.3 Å². The zero-order valence-corrected chi connectivity index (χ0v) is 11.2. The van der Waals surface area contributed by atoms with Crippen LogP contribution < -0.4 is 10.6 Å². The van der Waals surface area contributed by atoms with Crippen LogP contribution in [-0.4, -0.2) is 9.97 Å². The van der Waals surface area contributed by atoms with Gasteiger partial charge in [0.15, 0.2) is 6.19 Å². The van der Waals surface area contributed by atoms with E-state index in [1.54, 1.807) is 13.0 Å². The number of rotatable bonds is 3. The van der Waals surface area contributed by atoms with Gasteiger partial charge in [0, 0.05) is 10.5 Å². The molecule has 0 radical (unpaired) electrons. The molecule has 0 bridgehead atoms. The van der Waals surface area contributed by atoms with Crippen molar-refractivity contribution in [3.8, 4) is 6.19 Å². The SMILES string of the molecule is Cc1nc(NC#N)cc(Nc2ccccc2Br)n1. The molecule has 5 nitrogen and oxygen atoms in total. The number of hydrogen-bond acceptors (Lipinski definition) is 5. The van der Waals surface area contributed by atoms with Gasteiger partial charge in [0.1, 0.15) is 17.5 Å². The normalized spacial score (nSPS) is 9.61. The number of aryl methyl sites for hydroxylation is 1. The predicted molar refractivity (Wildman–Crippen MR) is 73.4 cm³/mol. The number of para-hydroxylation sites is 1. The number of nitriles is 1. The Morgan fingerprint density at radius 1 is 1.22 bits per heavy atom. The zero-order valence-electron chi connectivity index (χ0n) is 9.61. The summed E-state index contributed by atoms with van der Waals surface area (Å²) in [6, 6.07) is 9.40. The van der Waals surface area contributed by atoms with Crippen molar-refractivity contribution in [1.82, 2.24) is 9.97 Å². The standard InChI is InChI=1S/C12H10BrN5/c1-8-16-11(15-7-14)6-12(17-8)18-10-5-3-2-4-9(10)13/h2-6H,1H3,(H2,15,16,17,18). The minimum Gasteiger partial charge on any atom is -0.339 e. The quantitative estimate of drug-likeness (QED) is 0.673. The van der Waals surface area contributed by atoms with E-state index in [0.29, 0.717) is 17.5 Å². The summed E-state index contributed by atoms with van der Waals surface area (Å²) in [4.78, 5) is 8.35. The van der Waals surface area contributed by atoms with Crippen LogP contribution >= 0.6 is 15.9 Å². The molecule has 2 N–H and O–H groups in total. The maximum absolute atomic E-state index is 8.59. The smallest absolute Gasteiger partial charge is 0.182 e. The van der Waals surface area contributed by atoms with E-state index >= 15 is 0 Å². The molecule has 2 rings (SSSR count). The van der Waals surface area contributed by atoms with Gasteiger partial charge in [-0.25, -0.2) is 9.97 Å². The van der Waals surface area contributed by atoms with E-state index in [0.717, 1.165) is 10.2 Å². The summed E-state index contributed by atoms with van der Waals surface area (Å²) in [6.07, 6.45) is 1.84. The van der Waals surface area contributed by atoms with Crippen LogP contribution in [0.15, 0.2) is 34.8 Å². The monoisotopic (exact) mass is 303 g/mol. The molecule has 0 atom stereocenters. The van der Waals surface area contributed by atoms with Crippen molar-refractivity contribution in [3.63, 3.8) is 0 Å². The number of benzene rings is 1. The Labute approximate surface area is 113 Å². The zero-order chi connectivity index (χ0) is 13.0. The number of hydrogen-bond donors (Lipinski definition) is 2. The van der Waals surface area contributed by atoms with Crippen molar-refractivity contribution in [2.75, 3.05) is 10.6 Å². The number of anilines is 3. The highest BCUT2D eigenvalue weighted by molar-refractivity contribution is 9.10. The van der Waals surface area contributed by atoms with E-state index in [1.165, 1.54) is 0 Å². The highest BCUT2D eigenvalue weighted by Crippen LogP contribution is 2.25. The average molecular weight is 304 g/mol. The highest BCUT2D eigenvalue weighted by Gasteiger charge is 2.03. The van der Waals surface area contributed by atoms with Crippen molar-refractivity contribution < 1.29 is 0 Å². The van der Waals surface area contributed by atoms with Crippen molar-refractivity contribution in [3.05, 3.63) is 40.6 Å². The molecule has 0 amide bonds. The molecular weight excluding hydrogens is 294 g/mol. The largest absolute Gasteiger partial charge is 0.339 e. The number of nitrogens with one attached hydrogen (secondary N) is 2. The van der Waals surface area contributed by atoms with Crippen LogP contribution in [-0.2, 0) is 0 Å². The molecule has 0 saturated heterocycles. The second-order valence-electron chi connectivity index (χ2n) is 3.53. The van der Waals surface area contributed by atoms with Gasteiger partial charge >= 0.3 is 0 Å². The van der Waals surface area contributed by atoms with Gasteiger partial charge in [-0.3, -0.25) is 5.32 Å². The molecule has 0 spiro atoms. The van der Waals surface area contributed by atoms with E-state index in [4.69, 9.17) is 5.26 Å². The summed E-state index contributed by atoms with van der Waals surface area (Å²) in [5, 5.41) is 14.2. The summed E-state index contributed by atoms with van der Waals surface area (Å²) >= 11 is 3.45. The van der Waals surface area contributed by atoms with Gasteiger partial charge < -0.3 is 5.32 Å². The van der Waals surface area contributed by atoms with E-state index < -0.39 is 0 Å². The van der Waals surface area contributed by atoms with Gasteiger partial charge in [0.05, 0.1) is 5.69 Å². The molecule has 0 fully saturated rings. The molecule has 0 aliphatic carbocycles. The first kappa shape index (κ1) is 12.3. The maximum Gasteiger partial charge on any atom is 0.182 e. The summed E-state index contributed by atoms with van der Waals surface area (Å²) in [5.41, 5.74) is 0.901. The first-order valence-corrected chi connectivity index (χ1v) is 6.00. The molecule has 0 aliphatic heterocycles. The fraction of sp³-hybridized carbons (Fsp3) is 0.0833. The lowest BCUT2D eigenvalue weighted by atomic mass is 10.3. The third-order valence-electron chi connectivity index (χ3n) is 2.16. The molecule has 0 aliphatic rings. The highest BCUT2D eigenvalue weighted by atomic mass is 79.9. The molecule has 90 valence electrons. The third kappa shape index (κ3) is 2.96. The number of nitrogens with zero attached hydrogens (tertiary/aromatic N) is 3. The van der Waals surface area contributed by atoms with Gasteiger partial charge in [-0.05, 0) is 35.0 Å². The predicted octanol–water partition coefficient (Wildman–Crippen LogP) is 3.18. The Kier molecular flexibility index (Phi) is 3.75. The molecule has 1 aromatic carbocycles. The first-order valence-electron chi connectivity index (χ1n) is 5.21. The fourth-order valence-electron chi connectivity index (χ4n) is 1.45. The lowest BCUT2D eigenvalue weighted by Gasteiger charge is -2.09. The molecule has 2 aromatic rings. The van der Waals surface area contributed by atoms with Crippen LogP contribution in [0.3, 0.4) is 0 Å². The Morgan fingerprint density at radius 2 is 1.94 bits per heavy atom. The van der Waals surface area contributed by atoms with Crippen LogP contribution in [0.1, 0.15) is 5.82 Å². The second kappa shape index (κ2) is 5.47. The third-order valence-corrected chi connectivity index (χ3v) is 2.85. The van der Waals surface area contributed by atoms with Crippen LogP contribution in [0, 0.1) is 18.4 Å². The summed E-state index contributed by atoms with van der Waals surface area (Å²) < 4.78 is 0.941. The molecule has 0 saturated carbocycles. The minimum absolute atomic E-state index is 0.472. The van der Waals surface area contributed by atoms with E-state index in [9.17, 15) is 0 Å². The lowest BCUT2D eigenvalue weighted by Crippen LogP contribution is -2.01. The van der Waals surface area contributed by atoms with Crippen molar-refractivity contribution in [2.45, 2.75) is 6.92 Å². The van der Waals surface area contributed by atoms with E-state index in [2.05, 4.69) is 36.5 Å². The lowest BCUT2D eigenvalue weighted by molar-refractivity contribution is 1.06. The van der Waals surface area contributed by atoms with E-state index in [1.807, 2.05) is 30.5 Å². The van der Waals surface area contributed by atoms with Gasteiger partial charge in [0.2, 0.25) is 0 Å². The van der Waals surface area contributed by atoms with E-state index in [-0.39, 0.29) is 0 Å². The van der Waals surface area contributed by atoms with Gasteiger partial charge in [-0.15, -0.1) is 0 Å². The Morgan fingerprint density at radius 3 is 2.67 bits per heavy atom. The molecule has 1 aromatic heterocycles. The molecule has 0 unspecified atom stereocenters. The fourth-order valence-corrected chi connectivity index (χ4v) is 1.84. The van der Waals surface area contributed by atoms with Crippen LogP contribution in [0.5, 0.6) is 0 Å². The van der Waals surface area contributed by atoms with Crippen molar-refractivity contribution in [1.29, 1.82) is 5.26 Å². The second-order valence-corrected chi connectivity index (χ2v) is 4.38. The summed E-state index contributed by atoms with van der Waals surface area (Å²) in [6.45, 7) is 1.77. The Hall–Kier alpha value is -2.13. The number of aromatic nitrogens is 2. The Bertz CT molecular complexity index is 606. The molecular formula is C12H10BrN5. The minimum atomic E-state index is 0.472. The van der Waals surface area contributed by atoms with Crippen molar-refractivity contribution in [2.24, 2.45) is 0 Å². The Balaban J connectivity index is 2.29. The van der Waals surface area contributed by atoms with Gasteiger partial charge in [-0.2, -0.15) is 5.26 Å². The van der Waals surface area contributed by atoms with Crippen LogP contribution in [0.4, 0.5) is 17.3 Å². The average Bonchev–Trinajstić information content (AvgIpc) is 2.32. The van der Waals surface area contributed by atoms with Crippen LogP contribution in [0.25, 0.3) is 0 Å². The molecule has 18 heavy (non-hydrogen) atoms.